The average Bonchev–Trinajstić information content (AvgIpc) is 3.06. The minimum atomic E-state index is -3.68. The molecule has 1 aliphatic heterocycles. The predicted octanol–water partition coefficient (Wildman–Crippen LogP) is 1.68. The second-order valence-electron chi connectivity index (χ2n) is 7.87. The lowest BCUT2D eigenvalue weighted by Gasteiger charge is -2.27. The van der Waals surface area contributed by atoms with Crippen LogP contribution >= 0.6 is 0 Å². The molecule has 0 aromatic heterocycles. The van der Waals surface area contributed by atoms with Crippen molar-refractivity contribution in [3.8, 4) is 11.5 Å². The maximum absolute atomic E-state index is 13.5. The second kappa shape index (κ2) is 10.6. The monoisotopic (exact) mass is 519 g/mol. The number of nitrogens with one attached hydrogen (secondary N) is 2. The zero-order chi connectivity index (χ0) is 26.6. The number of ether oxygens (including phenoxy) is 2. The number of hydrogen-bond acceptors (Lipinski definition) is 8. The van der Waals surface area contributed by atoms with Crippen LogP contribution in [0.4, 0.5) is 10.5 Å². The number of amides is 4. The smallest absolute Gasteiger partial charge is 0.405 e. The van der Waals surface area contributed by atoms with Crippen molar-refractivity contribution in [3.05, 3.63) is 53.1 Å². The number of carboxylic acid groups (broad SMARTS) is 1. The molecule has 0 saturated heterocycles. The molecule has 0 spiro atoms. The lowest BCUT2D eigenvalue weighted by molar-refractivity contribution is -0.115. The molecule has 3 rings (SSSR count). The van der Waals surface area contributed by atoms with Crippen molar-refractivity contribution in [2.75, 3.05) is 37.6 Å². The van der Waals surface area contributed by atoms with Crippen LogP contribution in [0.1, 0.15) is 39.2 Å². The maximum atomic E-state index is 13.5. The van der Waals surface area contributed by atoms with Gasteiger partial charge in [0.15, 0.2) is 11.5 Å². The Bertz CT molecular complexity index is 1320. The first-order valence-corrected chi connectivity index (χ1v) is 12.8. The first-order valence-electron chi connectivity index (χ1n) is 10.7. The van der Waals surface area contributed by atoms with Crippen LogP contribution in [-0.4, -0.2) is 74.5 Å². The van der Waals surface area contributed by atoms with Crippen LogP contribution < -0.4 is 20.1 Å². The third-order valence-electron chi connectivity index (χ3n) is 5.27. The van der Waals surface area contributed by atoms with Gasteiger partial charge in [-0.05, 0) is 36.8 Å². The molecule has 192 valence electrons. The number of benzene rings is 2. The van der Waals surface area contributed by atoms with Crippen molar-refractivity contribution in [2.45, 2.75) is 13.0 Å². The number of anilines is 1. The molecule has 12 nitrogen and oxygen atoms in total. The van der Waals surface area contributed by atoms with Crippen molar-refractivity contribution in [1.29, 1.82) is 0 Å². The Hall–Kier alpha value is -4.13. The number of imide groups is 1. The summed E-state index contributed by atoms with van der Waals surface area (Å²) in [7, 11) is -2.24. The maximum Gasteiger partial charge on any atom is 0.405 e. The first-order chi connectivity index (χ1) is 17.0. The fraction of sp³-hybridized carbons (Fsp3) is 0.304. The van der Waals surface area contributed by atoms with Crippen molar-refractivity contribution < 1.29 is 42.2 Å². The normalized spacial score (nSPS) is 13.7. The van der Waals surface area contributed by atoms with Crippen molar-refractivity contribution in [3.63, 3.8) is 0 Å². The van der Waals surface area contributed by atoms with E-state index in [2.05, 4.69) is 5.32 Å². The molecule has 1 aliphatic rings. The Balaban J connectivity index is 2.04. The Morgan fingerprint density at radius 1 is 1.11 bits per heavy atom. The number of methoxy groups -OCH3 is 1. The summed E-state index contributed by atoms with van der Waals surface area (Å²) in [6.07, 6.45) is -0.415. The van der Waals surface area contributed by atoms with Gasteiger partial charge in [0.1, 0.15) is 16.4 Å². The molecule has 0 aliphatic carbocycles. The summed E-state index contributed by atoms with van der Waals surface area (Å²) < 4.78 is 35.5. The van der Waals surface area contributed by atoms with E-state index in [0.29, 0.717) is 23.7 Å². The van der Waals surface area contributed by atoms with Crippen LogP contribution in [0.5, 0.6) is 11.5 Å². The van der Waals surface area contributed by atoms with Gasteiger partial charge in [-0.1, -0.05) is 12.1 Å². The molecule has 2 aromatic carbocycles. The van der Waals surface area contributed by atoms with Gasteiger partial charge in [-0.2, -0.15) is 0 Å². The van der Waals surface area contributed by atoms with E-state index in [1.165, 1.54) is 31.4 Å². The number of nitrogens with zero attached hydrogens (tertiary/aromatic N) is 1. The summed E-state index contributed by atoms with van der Waals surface area (Å²) in [6, 6.07) is 7.63. The Kier molecular flexibility index (Phi) is 7.83. The molecular formula is C23H25N3O9S. The lowest BCUT2D eigenvalue weighted by Crippen LogP contribution is -2.38. The topological polar surface area (TPSA) is 168 Å². The van der Waals surface area contributed by atoms with Crippen molar-refractivity contribution in [1.82, 2.24) is 10.2 Å². The zero-order valence-corrected chi connectivity index (χ0v) is 20.5. The number of sulfone groups is 1. The van der Waals surface area contributed by atoms with Crippen LogP contribution in [-0.2, 0) is 14.6 Å². The standard InChI is InChI=1S/C23H25N3O9S/c1-4-35-18-10-13(8-9-17(18)34-2)16(12-36(3,32)33)26-21(28)14-6-5-7-15(20(14)22(26)29)25-19(27)11-24-23(30)31/h5-10,16,24H,4,11-12H2,1-3H3,(H,25,27)(H,30,31). The lowest BCUT2D eigenvalue weighted by atomic mass is 10.1. The number of hydrogen-bond donors (Lipinski definition) is 3. The van der Waals surface area contributed by atoms with E-state index in [1.54, 1.807) is 19.1 Å². The molecule has 0 saturated carbocycles. The highest BCUT2D eigenvalue weighted by molar-refractivity contribution is 7.90. The van der Waals surface area contributed by atoms with E-state index in [-0.39, 0.29) is 16.8 Å². The molecule has 1 heterocycles. The highest BCUT2D eigenvalue weighted by Crippen LogP contribution is 2.38. The van der Waals surface area contributed by atoms with Crippen molar-refractivity contribution in [2.24, 2.45) is 0 Å². The van der Waals surface area contributed by atoms with E-state index in [4.69, 9.17) is 14.6 Å². The van der Waals surface area contributed by atoms with Gasteiger partial charge >= 0.3 is 6.09 Å². The summed E-state index contributed by atoms with van der Waals surface area (Å²) in [5, 5.41) is 13.0. The highest BCUT2D eigenvalue weighted by atomic mass is 32.2. The van der Waals surface area contributed by atoms with Gasteiger partial charge in [-0.15, -0.1) is 0 Å². The summed E-state index contributed by atoms with van der Waals surface area (Å²) in [6.45, 7) is 1.48. The van der Waals surface area contributed by atoms with E-state index >= 15 is 0 Å². The molecule has 36 heavy (non-hydrogen) atoms. The minimum Gasteiger partial charge on any atom is -0.493 e. The average molecular weight is 520 g/mol. The van der Waals surface area contributed by atoms with Gasteiger partial charge in [-0.25, -0.2) is 13.2 Å². The fourth-order valence-electron chi connectivity index (χ4n) is 3.82. The molecule has 1 unspecified atom stereocenters. The van der Waals surface area contributed by atoms with E-state index in [0.717, 1.165) is 11.2 Å². The largest absolute Gasteiger partial charge is 0.493 e. The third kappa shape index (κ3) is 5.74. The van der Waals surface area contributed by atoms with Gasteiger partial charge in [-0.3, -0.25) is 19.3 Å². The molecule has 4 amide bonds. The molecular weight excluding hydrogens is 494 g/mol. The van der Waals surface area contributed by atoms with Gasteiger partial charge < -0.3 is 25.2 Å². The SMILES string of the molecule is CCOc1cc(C(CS(C)(=O)=O)N2C(=O)c3cccc(NC(=O)CNC(=O)O)c3C2=O)ccc1OC. The van der Waals surface area contributed by atoms with E-state index in [9.17, 15) is 27.6 Å². The molecule has 0 radical (unpaired) electrons. The highest BCUT2D eigenvalue weighted by Gasteiger charge is 2.43. The van der Waals surface area contributed by atoms with Gasteiger partial charge in [0, 0.05) is 6.26 Å². The predicted molar refractivity (Wildman–Crippen MR) is 128 cm³/mol. The van der Waals surface area contributed by atoms with E-state index < -0.39 is 52.0 Å². The zero-order valence-electron chi connectivity index (χ0n) is 19.7. The van der Waals surface area contributed by atoms with Gasteiger partial charge in [0.2, 0.25) is 5.91 Å². The molecule has 3 N–H and O–H groups in total. The molecule has 0 bridgehead atoms. The number of carbonyl (C=O) groups is 4. The minimum absolute atomic E-state index is 0.00613. The summed E-state index contributed by atoms with van der Waals surface area (Å²) in [5.41, 5.74) is 0.174. The molecule has 1 atom stereocenters. The second-order valence-corrected chi connectivity index (χ2v) is 10.1. The number of rotatable bonds is 10. The Labute approximate surface area is 207 Å². The molecule has 0 fully saturated rings. The van der Waals surface area contributed by atoms with E-state index in [1.807, 2.05) is 5.32 Å². The van der Waals surface area contributed by atoms with Crippen molar-refractivity contribution >= 4 is 39.3 Å². The summed E-state index contributed by atoms with van der Waals surface area (Å²) >= 11 is 0. The third-order valence-corrected chi connectivity index (χ3v) is 6.19. The Morgan fingerprint density at radius 2 is 1.83 bits per heavy atom. The van der Waals surface area contributed by atoms with Crippen LogP contribution in [0.2, 0.25) is 0 Å². The van der Waals surface area contributed by atoms with Crippen LogP contribution in [0, 0.1) is 0 Å². The quantitative estimate of drug-likeness (QED) is 0.395. The molecule has 2 aromatic rings. The first kappa shape index (κ1) is 26.5. The number of carbonyl (C=O) groups excluding carboxylic acids is 3. The number of fused-ring (bicyclic) bond motifs is 1. The van der Waals surface area contributed by atoms with Gasteiger partial charge in [0.05, 0.1) is 42.3 Å². The molecule has 13 heteroatoms. The summed E-state index contributed by atoms with van der Waals surface area (Å²) in [5.74, 6) is -2.15. The summed E-state index contributed by atoms with van der Waals surface area (Å²) in [4.78, 5) is 50.5. The van der Waals surface area contributed by atoms with Crippen LogP contribution in [0.25, 0.3) is 0 Å². The van der Waals surface area contributed by atoms with Crippen LogP contribution in [0.15, 0.2) is 36.4 Å². The fourth-order valence-corrected chi connectivity index (χ4v) is 4.73. The Morgan fingerprint density at radius 3 is 2.44 bits per heavy atom. The van der Waals surface area contributed by atoms with Crippen LogP contribution in [0.3, 0.4) is 0 Å². The van der Waals surface area contributed by atoms with Gasteiger partial charge in [0.25, 0.3) is 11.8 Å².